The van der Waals surface area contributed by atoms with Gasteiger partial charge >= 0.3 is 0 Å². The Morgan fingerprint density at radius 3 is 1.38 bits per heavy atom. The predicted octanol–water partition coefficient (Wildman–Crippen LogP) is 37.1. The highest BCUT2D eigenvalue weighted by atomic mass is 32.1. The van der Waals surface area contributed by atoms with Gasteiger partial charge in [0, 0.05) is 75.4 Å². The van der Waals surface area contributed by atoms with Gasteiger partial charge in [0.05, 0.1) is 17.1 Å². The molecule has 0 N–H and O–H groups in total. The molecule has 630 valence electrons. The molecule has 26 rings (SSSR count). The Balaban J connectivity index is 0.648. The molecule has 4 heteroatoms. The normalized spacial score (nSPS) is 12.9. The van der Waals surface area contributed by atoms with E-state index in [1.807, 2.05) is 17.4 Å². The van der Waals surface area contributed by atoms with Gasteiger partial charge in [-0.05, 0) is 268 Å². The van der Waals surface area contributed by atoms with Crippen molar-refractivity contribution in [2.45, 2.75) is 38.5 Å². The maximum Gasteiger partial charge on any atom is 0.135 e. The van der Waals surface area contributed by atoms with Crippen molar-refractivity contribution in [1.82, 2.24) is 0 Å². The van der Waals surface area contributed by atoms with E-state index in [-0.39, 0.29) is 10.8 Å². The Kier molecular flexibility index (Phi) is 18.2. The molecular weight excluding hydrogens is 1640 g/mol. The number of para-hydroxylation sites is 3. The highest BCUT2D eigenvalue weighted by Crippen LogP contribution is 2.59. The molecule has 3 nitrogen and oxygen atoms in total. The Hall–Kier alpha value is -16.5. The first kappa shape index (κ1) is 78.5. The molecule has 0 aliphatic heterocycles. The van der Waals surface area contributed by atoms with Gasteiger partial charge in [-0.25, -0.2) is 0 Å². The standard InChI is InChI=1S/C130H88N2OS/c1-129(2)115-50-22-17-41-103(115)111-79-90(64-71-116(111)129)131(119-52-23-19-38-94(119)87-60-74-123-112(77-87)105-43-20-25-54-122(105)133-123)89-62-58-84(59-63-89)97-67-69-100(107-46-27-45-95(126(97)107)88-61-75-125-113(78-88)106-44-21-26-55-124(106)134-125)101-68-66-96(83-33-9-6-10-34-83)127-108(101)47-28-48-109(127)102-70-73-121(104-42-16-15-40-99(102)104)132(120-53-24-18-37-93(120)82-31-7-5-8-32-82)91-65-72-117-114(80-91)128-110(49-29-51-118(128)130(117,3)4)98-39-14-13-36-92(98)86-57-56-81-30-11-12-35-85(81)76-86/h5-80H,1-4H3. The number of furan rings is 1. The third-order valence-corrected chi connectivity index (χ3v) is 30.3. The van der Waals surface area contributed by atoms with Gasteiger partial charge in [0.1, 0.15) is 11.2 Å². The largest absolute Gasteiger partial charge is 0.456 e. The van der Waals surface area contributed by atoms with Crippen LogP contribution in [0.4, 0.5) is 34.1 Å². The molecule has 0 spiro atoms. The zero-order valence-corrected chi connectivity index (χ0v) is 75.4. The van der Waals surface area contributed by atoms with Crippen LogP contribution in [0.1, 0.15) is 49.9 Å². The topological polar surface area (TPSA) is 19.6 Å². The summed E-state index contributed by atoms with van der Waals surface area (Å²) < 4.78 is 9.01. The van der Waals surface area contributed by atoms with Gasteiger partial charge in [0.2, 0.25) is 0 Å². The van der Waals surface area contributed by atoms with Gasteiger partial charge in [0.25, 0.3) is 0 Å². The van der Waals surface area contributed by atoms with E-state index in [4.69, 9.17) is 4.42 Å². The molecular formula is C130H88N2OS. The molecule has 0 amide bonds. The fraction of sp³-hybridized carbons (Fsp3) is 0.0462. The smallest absolute Gasteiger partial charge is 0.135 e. The molecule has 22 aromatic carbocycles. The van der Waals surface area contributed by atoms with E-state index < -0.39 is 0 Å². The van der Waals surface area contributed by atoms with Crippen molar-refractivity contribution in [3.05, 3.63) is 483 Å². The van der Waals surface area contributed by atoms with E-state index in [0.29, 0.717) is 0 Å². The summed E-state index contributed by atoms with van der Waals surface area (Å²) >= 11 is 1.86. The SMILES string of the molecule is CC1(C)c2ccccc2-c2cc(N(c3ccc(-c4ccc(-c5ccc(-c6ccccc6)c6c(-c7ccc(N(c8ccc9c(c8)-c8c(-c%10ccccc%10-c%10ccc%11ccccc%11c%10)cccc8C9(C)C)c8ccccc8-c8ccccc8)c8ccccc78)cccc56)c5cccc(-c6ccc7sc8ccccc8c7c6)c45)cc3)c3ccccc3-c3ccc4oc5ccccc5c4c3)ccc21. The lowest BCUT2D eigenvalue weighted by molar-refractivity contribution is 0.660. The lowest BCUT2D eigenvalue weighted by Gasteiger charge is -2.30. The summed E-state index contributed by atoms with van der Waals surface area (Å²) in [5, 5.41) is 14.2. The molecule has 2 aliphatic rings. The minimum absolute atomic E-state index is 0.161. The van der Waals surface area contributed by atoms with E-state index in [1.54, 1.807) is 0 Å². The minimum atomic E-state index is -0.287. The summed E-state index contributed by atoms with van der Waals surface area (Å²) in [7, 11) is 0. The number of hydrogen-bond acceptors (Lipinski definition) is 4. The van der Waals surface area contributed by atoms with Crippen molar-refractivity contribution >= 4 is 131 Å². The van der Waals surface area contributed by atoms with Gasteiger partial charge in [-0.15, -0.1) is 11.3 Å². The van der Waals surface area contributed by atoms with Crippen molar-refractivity contribution in [2.75, 3.05) is 9.80 Å². The van der Waals surface area contributed by atoms with Crippen LogP contribution < -0.4 is 9.80 Å². The average molecular weight is 1730 g/mol. The second kappa shape index (κ2) is 31.1. The van der Waals surface area contributed by atoms with Crippen LogP contribution >= 0.6 is 11.3 Å². The Morgan fingerprint density at radius 1 is 0.194 bits per heavy atom. The molecule has 2 heterocycles. The first-order chi connectivity index (χ1) is 66.0. The molecule has 24 aromatic rings. The molecule has 0 bridgehead atoms. The quantitative estimate of drug-likeness (QED) is 0.102. The van der Waals surface area contributed by atoms with Crippen LogP contribution in [0.3, 0.4) is 0 Å². The molecule has 2 aromatic heterocycles. The summed E-state index contributed by atoms with van der Waals surface area (Å²) in [5.74, 6) is 0. The lowest BCUT2D eigenvalue weighted by Crippen LogP contribution is -2.15. The number of benzene rings is 22. The second-order valence-corrected chi connectivity index (χ2v) is 38.2. The summed E-state index contributed by atoms with van der Waals surface area (Å²) in [6.45, 7) is 9.54. The van der Waals surface area contributed by atoms with Crippen molar-refractivity contribution in [3.63, 3.8) is 0 Å². The van der Waals surface area contributed by atoms with Crippen molar-refractivity contribution < 1.29 is 4.42 Å². The zero-order chi connectivity index (χ0) is 89.0. The maximum absolute atomic E-state index is 6.45. The van der Waals surface area contributed by atoms with Crippen LogP contribution in [0, 0.1) is 0 Å². The fourth-order valence-corrected chi connectivity index (χ4v) is 23.8. The summed E-state index contributed by atoms with van der Waals surface area (Å²) in [5.41, 5.74) is 39.1. The second-order valence-electron chi connectivity index (χ2n) is 37.1. The average Bonchev–Trinajstić information content (AvgIpc) is 1.50. The lowest BCUT2D eigenvalue weighted by atomic mass is 9.81. The van der Waals surface area contributed by atoms with Crippen LogP contribution in [0.15, 0.2) is 465 Å². The highest BCUT2D eigenvalue weighted by Gasteiger charge is 2.40. The van der Waals surface area contributed by atoms with Crippen molar-refractivity contribution in [1.29, 1.82) is 0 Å². The van der Waals surface area contributed by atoms with E-state index >= 15 is 0 Å². The predicted molar refractivity (Wildman–Crippen MR) is 570 cm³/mol. The van der Waals surface area contributed by atoms with E-state index in [9.17, 15) is 0 Å². The van der Waals surface area contributed by atoms with E-state index in [1.165, 1.54) is 136 Å². The number of rotatable bonds is 15. The number of fused-ring (bicyclic) bond motifs is 16. The van der Waals surface area contributed by atoms with Gasteiger partial charge in [-0.1, -0.05) is 392 Å². The Bertz CT molecular complexity index is 8960. The Morgan fingerprint density at radius 2 is 0.627 bits per heavy atom. The first-order valence-corrected chi connectivity index (χ1v) is 47.4. The first-order valence-electron chi connectivity index (χ1n) is 46.6. The molecule has 0 saturated heterocycles. The monoisotopic (exact) mass is 1720 g/mol. The van der Waals surface area contributed by atoms with Gasteiger partial charge in [-0.3, -0.25) is 0 Å². The van der Waals surface area contributed by atoms with E-state index in [2.05, 4.69) is 492 Å². The summed E-state index contributed by atoms with van der Waals surface area (Å²) in [6.07, 6.45) is 0. The molecule has 0 saturated carbocycles. The number of hydrogen-bond donors (Lipinski definition) is 0. The third-order valence-electron chi connectivity index (χ3n) is 29.1. The molecule has 0 fully saturated rings. The van der Waals surface area contributed by atoms with Gasteiger partial charge in [-0.2, -0.15) is 0 Å². The number of nitrogens with zero attached hydrogens (tertiary/aromatic N) is 2. The van der Waals surface area contributed by atoms with E-state index in [0.717, 1.165) is 128 Å². The minimum Gasteiger partial charge on any atom is -0.456 e. The summed E-state index contributed by atoms with van der Waals surface area (Å²) in [6, 6.07) is 173. The van der Waals surface area contributed by atoms with Crippen molar-refractivity contribution in [2.24, 2.45) is 0 Å². The molecule has 0 atom stereocenters. The van der Waals surface area contributed by atoms with Gasteiger partial charge < -0.3 is 14.2 Å². The molecule has 134 heavy (non-hydrogen) atoms. The Labute approximate surface area is 783 Å². The third kappa shape index (κ3) is 12.5. The molecule has 0 unspecified atom stereocenters. The molecule has 2 aliphatic carbocycles. The van der Waals surface area contributed by atoms with Crippen LogP contribution in [-0.2, 0) is 10.8 Å². The van der Waals surface area contributed by atoms with Crippen LogP contribution in [0.5, 0.6) is 0 Å². The summed E-state index contributed by atoms with van der Waals surface area (Å²) in [4.78, 5) is 5.03. The molecule has 0 radical (unpaired) electrons. The fourth-order valence-electron chi connectivity index (χ4n) is 22.7. The zero-order valence-electron chi connectivity index (χ0n) is 74.6. The van der Waals surface area contributed by atoms with Crippen molar-refractivity contribution in [3.8, 4) is 122 Å². The number of thiophene rings is 1. The van der Waals surface area contributed by atoms with Crippen LogP contribution in [-0.4, -0.2) is 0 Å². The van der Waals surface area contributed by atoms with Crippen LogP contribution in [0.2, 0.25) is 0 Å². The highest BCUT2D eigenvalue weighted by molar-refractivity contribution is 7.25. The van der Waals surface area contributed by atoms with Crippen LogP contribution in [0.25, 0.3) is 208 Å². The number of anilines is 6. The van der Waals surface area contributed by atoms with Gasteiger partial charge in [0.15, 0.2) is 0 Å². The maximum atomic E-state index is 6.45.